The minimum absolute atomic E-state index is 0.109. The number of hydrogen-bond acceptors (Lipinski definition) is 2. The second-order valence-corrected chi connectivity index (χ2v) is 5.52. The van der Waals surface area contributed by atoms with Crippen molar-refractivity contribution in [3.8, 4) is 0 Å². The zero-order chi connectivity index (χ0) is 13.1. The fourth-order valence-electron chi connectivity index (χ4n) is 2.08. The minimum atomic E-state index is -0.109. The summed E-state index contributed by atoms with van der Waals surface area (Å²) in [7, 11) is 0. The first kappa shape index (κ1) is 12.9. The minimum Gasteiger partial charge on any atom is -0.373 e. The van der Waals surface area contributed by atoms with E-state index in [1.165, 1.54) is 5.56 Å². The molecule has 18 heavy (non-hydrogen) atoms. The standard InChI is InChI=1S/C15H22N2O/c1-10(2)11(3)9-16-15(18)14-8-12-6-4-5-7-13(12)17-14/h4-7,10-11,14,17H,8-9H2,1-3H3,(H,16,18)/t11?,14-/m0/s1. The SMILES string of the molecule is CC(C)C(C)CNC(=O)[C@@H]1Cc2ccccc2N1. The molecule has 0 fully saturated rings. The van der Waals surface area contributed by atoms with Crippen LogP contribution in [0.25, 0.3) is 0 Å². The number of benzene rings is 1. The Morgan fingerprint density at radius 1 is 1.39 bits per heavy atom. The number of fused-ring (bicyclic) bond motifs is 1. The summed E-state index contributed by atoms with van der Waals surface area (Å²) in [4.78, 5) is 12.1. The molecule has 1 amide bonds. The summed E-state index contributed by atoms with van der Waals surface area (Å²) >= 11 is 0. The summed E-state index contributed by atoms with van der Waals surface area (Å²) in [6, 6.07) is 8.00. The van der Waals surface area contributed by atoms with Crippen LogP contribution in [0.1, 0.15) is 26.3 Å². The summed E-state index contributed by atoms with van der Waals surface area (Å²) in [6.07, 6.45) is 0.790. The molecule has 98 valence electrons. The van der Waals surface area contributed by atoms with E-state index in [-0.39, 0.29) is 11.9 Å². The van der Waals surface area contributed by atoms with Gasteiger partial charge in [0.2, 0.25) is 5.91 Å². The van der Waals surface area contributed by atoms with Crippen LogP contribution >= 0.6 is 0 Å². The number of anilines is 1. The Morgan fingerprint density at radius 2 is 2.11 bits per heavy atom. The third kappa shape index (κ3) is 2.84. The van der Waals surface area contributed by atoms with Gasteiger partial charge in [-0.05, 0) is 23.5 Å². The van der Waals surface area contributed by atoms with Gasteiger partial charge in [0.1, 0.15) is 6.04 Å². The average molecular weight is 246 g/mol. The molecule has 1 aliphatic rings. The summed E-state index contributed by atoms with van der Waals surface area (Å²) < 4.78 is 0. The Kier molecular flexibility index (Phi) is 3.90. The predicted octanol–water partition coefficient (Wildman–Crippen LogP) is 2.43. The summed E-state index contributed by atoms with van der Waals surface area (Å²) in [6.45, 7) is 7.29. The van der Waals surface area contributed by atoms with Gasteiger partial charge in [-0.3, -0.25) is 4.79 Å². The molecule has 1 aromatic carbocycles. The summed E-state index contributed by atoms with van der Waals surface area (Å²) in [5.41, 5.74) is 2.32. The van der Waals surface area contributed by atoms with Crippen LogP contribution in [0.3, 0.4) is 0 Å². The number of para-hydroxylation sites is 1. The van der Waals surface area contributed by atoms with E-state index in [4.69, 9.17) is 0 Å². The highest BCUT2D eigenvalue weighted by atomic mass is 16.2. The third-order valence-electron chi connectivity index (χ3n) is 3.82. The average Bonchev–Trinajstić information content (AvgIpc) is 2.79. The van der Waals surface area contributed by atoms with Crippen molar-refractivity contribution in [1.29, 1.82) is 0 Å². The monoisotopic (exact) mass is 246 g/mol. The molecule has 0 radical (unpaired) electrons. The van der Waals surface area contributed by atoms with Crippen LogP contribution in [0.4, 0.5) is 5.69 Å². The number of carbonyl (C=O) groups is 1. The van der Waals surface area contributed by atoms with Crippen molar-refractivity contribution in [3.05, 3.63) is 29.8 Å². The maximum absolute atomic E-state index is 12.1. The highest BCUT2D eigenvalue weighted by Gasteiger charge is 2.26. The van der Waals surface area contributed by atoms with E-state index < -0.39 is 0 Å². The molecule has 1 heterocycles. The van der Waals surface area contributed by atoms with Crippen LogP contribution in [0.2, 0.25) is 0 Å². The first-order valence-corrected chi connectivity index (χ1v) is 6.70. The summed E-state index contributed by atoms with van der Waals surface area (Å²) in [5.74, 6) is 1.22. The first-order valence-electron chi connectivity index (χ1n) is 6.70. The van der Waals surface area contributed by atoms with Crippen molar-refractivity contribution >= 4 is 11.6 Å². The van der Waals surface area contributed by atoms with Crippen molar-refractivity contribution in [3.63, 3.8) is 0 Å². The van der Waals surface area contributed by atoms with Crippen LogP contribution in [0, 0.1) is 11.8 Å². The van der Waals surface area contributed by atoms with E-state index in [0.717, 1.165) is 18.7 Å². The third-order valence-corrected chi connectivity index (χ3v) is 3.82. The van der Waals surface area contributed by atoms with E-state index in [1.54, 1.807) is 0 Å². The van der Waals surface area contributed by atoms with Crippen LogP contribution in [0.5, 0.6) is 0 Å². The highest BCUT2D eigenvalue weighted by molar-refractivity contribution is 5.87. The maximum atomic E-state index is 12.1. The molecule has 3 heteroatoms. The van der Waals surface area contributed by atoms with Crippen molar-refractivity contribution < 1.29 is 4.79 Å². The second kappa shape index (κ2) is 5.42. The molecule has 0 saturated carbocycles. The normalized spacial score (nSPS) is 19.2. The molecule has 0 bridgehead atoms. The molecule has 1 aromatic rings. The van der Waals surface area contributed by atoms with Gasteiger partial charge >= 0.3 is 0 Å². The van der Waals surface area contributed by atoms with E-state index in [1.807, 2.05) is 18.2 Å². The molecule has 0 saturated heterocycles. The molecule has 1 aliphatic heterocycles. The largest absolute Gasteiger partial charge is 0.373 e. The van der Waals surface area contributed by atoms with Crippen LogP contribution < -0.4 is 10.6 Å². The van der Waals surface area contributed by atoms with Crippen LogP contribution in [-0.2, 0) is 11.2 Å². The van der Waals surface area contributed by atoms with Gasteiger partial charge in [0, 0.05) is 18.7 Å². The fourth-order valence-corrected chi connectivity index (χ4v) is 2.08. The second-order valence-electron chi connectivity index (χ2n) is 5.52. The van der Waals surface area contributed by atoms with Gasteiger partial charge in [-0.15, -0.1) is 0 Å². The Bertz CT molecular complexity index is 403. The quantitative estimate of drug-likeness (QED) is 0.856. The molecule has 3 nitrogen and oxygen atoms in total. The van der Waals surface area contributed by atoms with Crippen LogP contribution in [0.15, 0.2) is 24.3 Å². The molecule has 2 rings (SSSR count). The van der Waals surface area contributed by atoms with Crippen molar-refractivity contribution in [1.82, 2.24) is 5.32 Å². The lowest BCUT2D eigenvalue weighted by Crippen LogP contribution is -2.40. The fraction of sp³-hybridized carbons (Fsp3) is 0.533. The van der Waals surface area contributed by atoms with Crippen LogP contribution in [-0.4, -0.2) is 18.5 Å². The zero-order valence-electron chi connectivity index (χ0n) is 11.4. The van der Waals surface area contributed by atoms with Crippen molar-refractivity contribution in [2.75, 3.05) is 11.9 Å². The Labute approximate surface area is 109 Å². The van der Waals surface area contributed by atoms with Gasteiger partial charge in [0.15, 0.2) is 0 Å². The number of hydrogen-bond donors (Lipinski definition) is 2. The van der Waals surface area contributed by atoms with Gasteiger partial charge in [-0.25, -0.2) is 0 Å². The Hall–Kier alpha value is -1.51. The van der Waals surface area contributed by atoms with Crippen molar-refractivity contribution in [2.45, 2.75) is 33.2 Å². The van der Waals surface area contributed by atoms with E-state index >= 15 is 0 Å². The molecular formula is C15H22N2O. The molecular weight excluding hydrogens is 224 g/mol. The van der Waals surface area contributed by atoms with E-state index in [2.05, 4.69) is 37.5 Å². The van der Waals surface area contributed by atoms with Gasteiger partial charge in [-0.2, -0.15) is 0 Å². The van der Waals surface area contributed by atoms with E-state index in [0.29, 0.717) is 11.8 Å². The summed E-state index contributed by atoms with van der Waals surface area (Å²) in [5, 5.41) is 6.31. The van der Waals surface area contributed by atoms with E-state index in [9.17, 15) is 4.79 Å². The molecule has 2 atom stereocenters. The number of carbonyl (C=O) groups excluding carboxylic acids is 1. The first-order chi connectivity index (χ1) is 8.58. The lowest BCUT2D eigenvalue weighted by atomic mass is 9.98. The number of nitrogens with one attached hydrogen (secondary N) is 2. The topological polar surface area (TPSA) is 41.1 Å². The highest BCUT2D eigenvalue weighted by Crippen LogP contribution is 2.25. The predicted molar refractivity (Wildman–Crippen MR) is 74.6 cm³/mol. The van der Waals surface area contributed by atoms with Gasteiger partial charge < -0.3 is 10.6 Å². The number of rotatable bonds is 4. The number of amides is 1. The molecule has 0 spiro atoms. The molecule has 1 unspecified atom stereocenters. The van der Waals surface area contributed by atoms with Crippen molar-refractivity contribution in [2.24, 2.45) is 11.8 Å². The zero-order valence-corrected chi connectivity index (χ0v) is 11.4. The lowest BCUT2D eigenvalue weighted by Gasteiger charge is -2.18. The smallest absolute Gasteiger partial charge is 0.242 e. The Balaban J connectivity index is 1.86. The lowest BCUT2D eigenvalue weighted by molar-refractivity contribution is -0.121. The van der Waals surface area contributed by atoms with Gasteiger partial charge in [0.05, 0.1) is 0 Å². The molecule has 0 aliphatic carbocycles. The molecule has 2 N–H and O–H groups in total. The Morgan fingerprint density at radius 3 is 2.78 bits per heavy atom. The maximum Gasteiger partial charge on any atom is 0.242 e. The van der Waals surface area contributed by atoms with Gasteiger partial charge in [0.25, 0.3) is 0 Å². The van der Waals surface area contributed by atoms with Gasteiger partial charge in [-0.1, -0.05) is 39.0 Å². The molecule has 0 aromatic heterocycles.